The third kappa shape index (κ3) is 4.40. The highest BCUT2D eigenvalue weighted by Crippen LogP contribution is 2.40. The van der Waals surface area contributed by atoms with Gasteiger partial charge in [0.1, 0.15) is 0 Å². The minimum absolute atomic E-state index is 0.0669. The van der Waals surface area contributed by atoms with Crippen LogP contribution >= 0.6 is 0 Å². The molecule has 0 radical (unpaired) electrons. The van der Waals surface area contributed by atoms with Crippen LogP contribution in [0.4, 0.5) is 0 Å². The number of aromatic nitrogens is 5. The molecule has 4 aromatic rings. The molecular weight excluding hydrogens is 412 g/mol. The third-order valence-corrected chi connectivity index (χ3v) is 6.24. The van der Waals surface area contributed by atoms with Crippen LogP contribution in [0, 0.1) is 20.8 Å². The highest BCUT2D eigenvalue weighted by atomic mass is 16.1. The summed E-state index contributed by atoms with van der Waals surface area (Å²) in [6.07, 6.45) is 2.25. The lowest BCUT2D eigenvalue weighted by Crippen LogP contribution is -2.36. The Morgan fingerprint density at radius 1 is 1.09 bits per heavy atom. The highest BCUT2D eigenvalue weighted by molar-refractivity contribution is 6.06. The van der Waals surface area contributed by atoms with Gasteiger partial charge in [-0.1, -0.05) is 30.3 Å². The fourth-order valence-corrected chi connectivity index (χ4v) is 4.47. The molecule has 0 unspecified atom stereocenters. The first-order valence-electron chi connectivity index (χ1n) is 11.6. The van der Waals surface area contributed by atoms with Crippen molar-refractivity contribution in [1.82, 2.24) is 29.9 Å². The SMILES string of the molecule is Cc1cc(C)n(C[C@@H](C)NC(=O)c2cc(C3CC3)nc3c2c(C)nn3Cc2ccccc2)n1. The minimum Gasteiger partial charge on any atom is -0.348 e. The number of nitrogens with zero attached hydrogens (tertiary/aromatic N) is 5. The van der Waals surface area contributed by atoms with Gasteiger partial charge in [-0.05, 0) is 58.2 Å². The highest BCUT2D eigenvalue weighted by Gasteiger charge is 2.29. The number of benzene rings is 1. The number of aryl methyl sites for hydroxylation is 3. The molecule has 3 aromatic heterocycles. The topological polar surface area (TPSA) is 77.6 Å². The van der Waals surface area contributed by atoms with Crippen LogP contribution in [0.15, 0.2) is 42.5 Å². The van der Waals surface area contributed by atoms with Gasteiger partial charge < -0.3 is 5.32 Å². The Kier molecular flexibility index (Phi) is 5.48. The molecule has 1 amide bonds. The second-order valence-electron chi connectivity index (χ2n) is 9.28. The van der Waals surface area contributed by atoms with Gasteiger partial charge in [-0.2, -0.15) is 10.2 Å². The molecule has 1 atom stereocenters. The van der Waals surface area contributed by atoms with E-state index in [1.807, 2.05) is 67.4 Å². The monoisotopic (exact) mass is 442 g/mol. The lowest BCUT2D eigenvalue weighted by Gasteiger charge is -2.16. The van der Waals surface area contributed by atoms with Gasteiger partial charge in [-0.3, -0.25) is 9.48 Å². The number of carbonyl (C=O) groups excluding carboxylic acids is 1. The van der Waals surface area contributed by atoms with Gasteiger partial charge in [0, 0.05) is 23.3 Å². The Labute approximate surface area is 193 Å². The van der Waals surface area contributed by atoms with E-state index in [0.717, 1.165) is 52.2 Å². The Hall–Kier alpha value is -3.48. The van der Waals surface area contributed by atoms with Crippen LogP contribution < -0.4 is 5.32 Å². The van der Waals surface area contributed by atoms with Gasteiger partial charge in [0.15, 0.2) is 5.65 Å². The summed E-state index contributed by atoms with van der Waals surface area (Å²) < 4.78 is 3.88. The molecule has 1 fully saturated rings. The van der Waals surface area contributed by atoms with Crippen molar-refractivity contribution in [3.8, 4) is 0 Å². The van der Waals surface area contributed by atoms with Crippen molar-refractivity contribution in [2.45, 2.75) is 65.6 Å². The number of pyridine rings is 1. The third-order valence-electron chi connectivity index (χ3n) is 6.24. The molecule has 1 aliphatic carbocycles. The zero-order valence-corrected chi connectivity index (χ0v) is 19.7. The number of amides is 1. The summed E-state index contributed by atoms with van der Waals surface area (Å²) in [6, 6.07) is 14.2. The minimum atomic E-state index is -0.0827. The van der Waals surface area contributed by atoms with E-state index in [1.54, 1.807) is 0 Å². The first-order chi connectivity index (χ1) is 15.9. The van der Waals surface area contributed by atoms with Crippen LogP contribution in [0.25, 0.3) is 11.0 Å². The molecule has 33 heavy (non-hydrogen) atoms. The summed E-state index contributed by atoms with van der Waals surface area (Å²) >= 11 is 0. The molecule has 3 heterocycles. The van der Waals surface area contributed by atoms with E-state index in [2.05, 4.69) is 22.5 Å². The van der Waals surface area contributed by atoms with Crippen molar-refractivity contribution in [3.05, 3.63) is 76.4 Å². The summed E-state index contributed by atoms with van der Waals surface area (Å²) in [5.41, 5.74) is 6.51. The van der Waals surface area contributed by atoms with Crippen molar-refractivity contribution < 1.29 is 4.79 Å². The molecule has 1 aromatic carbocycles. The summed E-state index contributed by atoms with van der Waals surface area (Å²) in [5, 5.41) is 13.3. The van der Waals surface area contributed by atoms with Crippen LogP contribution in [0.3, 0.4) is 0 Å². The molecule has 170 valence electrons. The van der Waals surface area contributed by atoms with Crippen LogP contribution in [0.5, 0.6) is 0 Å². The molecule has 1 saturated carbocycles. The number of hydrogen-bond acceptors (Lipinski definition) is 4. The van der Waals surface area contributed by atoms with Crippen molar-refractivity contribution in [1.29, 1.82) is 0 Å². The van der Waals surface area contributed by atoms with Gasteiger partial charge in [0.05, 0.1) is 35.4 Å². The second kappa shape index (κ2) is 8.46. The molecule has 0 saturated heterocycles. The zero-order chi connectivity index (χ0) is 23.1. The summed E-state index contributed by atoms with van der Waals surface area (Å²) in [6.45, 7) is 9.24. The summed E-state index contributed by atoms with van der Waals surface area (Å²) in [7, 11) is 0. The van der Waals surface area contributed by atoms with E-state index in [4.69, 9.17) is 10.1 Å². The van der Waals surface area contributed by atoms with Gasteiger partial charge in [0.2, 0.25) is 0 Å². The van der Waals surface area contributed by atoms with Crippen molar-refractivity contribution in [3.63, 3.8) is 0 Å². The Morgan fingerprint density at radius 3 is 2.52 bits per heavy atom. The molecule has 7 nitrogen and oxygen atoms in total. The average Bonchev–Trinajstić information content (AvgIpc) is 3.52. The fraction of sp³-hybridized carbons (Fsp3) is 0.385. The Balaban J connectivity index is 1.47. The molecule has 7 heteroatoms. The largest absolute Gasteiger partial charge is 0.348 e. The number of carbonyl (C=O) groups is 1. The summed E-state index contributed by atoms with van der Waals surface area (Å²) in [4.78, 5) is 18.4. The molecule has 0 spiro atoms. The maximum Gasteiger partial charge on any atom is 0.252 e. The maximum absolute atomic E-state index is 13.5. The van der Waals surface area contributed by atoms with E-state index >= 15 is 0 Å². The molecule has 0 bridgehead atoms. The van der Waals surface area contributed by atoms with Crippen LogP contribution in [-0.2, 0) is 13.1 Å². The van der Waals surface area contributed by atoms with Gasteiger partial charge in [-0.15, -0.1) is 0 Å². The van der Waals surface area contributed by atoms with E-state index < -0.39 is 0 Å². The number of hydrogen-bond donors (Lipinski definition) is 1. The predicted molar refractivity (Wildman–Crippen MR) is 128 cm³/mol. The van der Waals surface area contributed by atoms with Crippen molar-refractivity contribution in [2.24, 2.45) is 0 Å². The van der Waals surface area contributed by atoms with Crippen molar-refractivity contribution in [2.75, 3.05) is 0 Å². The second-order valence-corrected chi connectivity index (χ2v) is 9.28. The molecule has 1 N–H and O–H groups in total. The van der Waals surface area contributed by atoms with Crippen LogP contribution in [0.2, 0.25) is 0 Å². The van der Waals surface area contributed by atoms with E-state index in [9.17, 15) is 4.79 Å². The Bertz CT molecular complexity index is 1320. The predicted octanol–water partition coefficient (Wildman–Crippen LogP) is 4.30. The summed E-state index contributed by atoms with van der Waals surface area (Å²) in [5.74, 6) is 0.356. The first kappa shape index (κ1) is 21.4. The standard InChI is InChI=1S/C26H30N6O/c1-16-12-18(3)31(29-16)14-17(2)27-26(33)22-13-23(21-10-11-21)28-25-24(22)19(4)30-32(25)15-20-8-6-5-7-9-20/h5-9,12-13,17,21H,10-11,14-15H2,1-4H3,(H,27,33)/t17-/m1/s1. The molecular formula is C26H30N6O. The lowest BCUT2D eigenvalue weighted by atomic mass is 10.1. The normalized spacial score (nSPS) is 14.5. The lowest BCUT2D eigenvalue weighted by molar-refractivity contribution is 0.0937. The van der Waals surface area contributed by atoms with E-state index in [1.165, 1.54) is 0 Å². The molecule has 0 aliphatic heterocycles. The van der Waals surface area contributed by atoms with Gasteiger partial charge in [-0.25, -0.2) is 9.67 Å². The van der Waals surface area contributed by atoms with Crippen LogP contribution in [0.1, 0.15) is 64.4 Å². The maximum atomic E-state index is 13.5. The van der Waals surface area contributed by atoms with E-state index in [0.29, 0.717) is 24.6 Å². The Morgan fingerprint density at radius 2 is 1.85 bits per heavy atom. The van der Waals surface area contributed by atoms with Gasteiger partial charge in [0.25, 0.3) is 5.91 Å². The van der Waals surface area contributed by atoms with Gasteiger partial charge >= 0.3 is 0 Å². The first-order valence-corrected chi connectivity index (χ1v) is 11.6. The quantitative estimate of drug-likeness (QED) is 0.463. The van der Waals surface area contributed by atoms with Crippen molar-refractivity contribution >= 4 is 16.9 Å². The zero-order valence-electron chi connectivity index (χ0n) is 19.7. The fourth-order valence-electron chi connectivity index (χ4n) is 4.47. The number of nitrogens with one attached hydrogen (secondary N) is 1. The smallest absolute Gasteiger partial charge is 0.252 e. The van der Waals surface area contributed by atoms with Crippen LogP contribution in [-0.4, -0.2) is 36.5 Å². The number of rotatable bonds is 7. The molecule has 5 rings (SSSR count). The van der Waals surface area contributed by atoms with E-state index in [-0.39, 0.29) is 11.9 Å². The molecule has 1 aliphatic rings. The average molecular weight is 443 g/mol. The number of fused-ring (bicyclic) bond motifs is 1.